The van der Waals surface area contributed by atoms with E-state index < -0.39 is 6.10 Å². The van der Waals surface area contributed by atoms with E-state index in [1.807, 2.05) is 6.07 Å². The second-order valence-corrected chi connectivity index (χ2v) is 5.85. The number of hydrogen-bond donors (Lipinski definition) is 2. The third-order valence-electron chi connectivity index (χ3n) is 3.87. The van der Waals surface area contributed by atoms with Gasteiger partial charge in [-0.1, -0.05) is 62.4 Å². The number of aliphatic hydroxyl groups excluding tert-OH is 1. The third-order valence-corrected chi connectivity index (χ3v) is 3.87. The maximum atomic E-state index is 10.3. The molecule has 21 heavy (non-hydrogen) atoms. The minimum atomic E-state index is -0.469. The summed E-state index contributed by atoms with van der Waals surface area (Å²) in [5.41, 5.74) is 0.964. The number of rotatable bonds is 4. The lowest BCUT2D eigenvalue weighted by Gasteiger charge is -2.15. The van der Waals surface area contributed by atoms with Gasteiger partial charge in [0.1, 0.15) is 0 Å². The van der Waals surface area contributed by atoms with E-state index in [0.29, 0.717) is 12.6 Å². The van der Waals surface area contributed by atoms with Crippen LogP contribution in [0.1, 0.15) is 25.5 Å². The molecule has 0 spiro atoms. The van der Waals surface area contributed by atoms with Crippen molar-refractivity contribution in [3.8, 4) is 0 Å². The Kier molecular flexibility index (Phi) is 3.91. The van der Waals surface area contributed by atoms with Gasteiger partial charge in [-0.3, -0.25) is 0 Å². The molecule has 3 rings (SSSR count). The largest absolute Gasteiger partial charge is 0.387 e. The second-order valence-electron chi connectivity index (χ2n) is 5.85. The van der Waals surface area contributed by atoms with Crippen molar-refractivity contribution in [3.05, 3.63) is 60.2 Å². The molecule has 0 heterocycles. The van der Waals surface area contributed by atoms with E-state index >= 15 is 0 Å². The highest BCUT2D eigenvalue weighted by Gasteiger charge is 2.09. The zero-order chi connectivity index (χ0) is 14.8. The lowest BCUT2D eigenvalue weighted by molar-refractivity contribution is 0.172. The maximum Gasteiger partial charge on any atom is 0.0914 e. The molecular weight excluding hydrogens is 258 g/mol. The van der Waals surface area contributed by atoms with Crippen molar-refractivity contribution in [2.24, 2.45) is 0 Å². The minimum absolute atomic E-state index is 0.379. The molecule has 0 bridgehead atoms. The second kappa shape index (κ2) is 5.84. The SMILES string of the molecule is CC(C)NC[C@@H](O)c1ccc2c(ccc3ccccc32)c1. The Hall–Kier alpha value is -1.90. The fraction of sp³-hybridized carbons (Fsp3) is 0.263. The monoisotopic (exact) mass is 279 g/mol. The Labute approximate surface area is 125 Å². The first-order valence-electron chi connectivity index (χ1n) is 7.48. The quantitative estimate of drug-likeness (QED) is 0.707. The highest BCUT2D eigenvalue weighted by atomic mass is 16.3. The molecule has 0 radical (unpaired) electrons. The lowest BCUT2D eigenvalue weighted by atomic mass is 9.98. The molecule has 0 unspecified atom stereocenters. The molecule has 2 nitrogen and oxygen atoms in total. The van der Waals surface area contributed by atoms with Gasteiger partial charge in [-0.2, -0.15) is 0 Å². The first-order chi connectivity index (χ1) is 10.1. The van der Waals surface area contributed by atoms with Gasteiger partial charge in [0.05, 0.1) is 6.10 Å². The molecule has 3 aromatic rings. The van der Waals surface area contributed by atoms with Crippen LogP contribution in [0.2, 0.25) is 0 Å². The first-order valence-corrected chi connectivity index (χ1v) is 7.48. The molecule has 0 aliphatic heterocycles. The van der Waals surface area contributed by atoms with E-state index in [1.165, 1.54) is 21.5 Å². The van der Waals surface area contributed by atoms with E-state index in [2.05, 4.69) is 67.7 Å². The number of aliphatic hydroxyl groups is 1. The fourth-order valence-electron chi connectivity index (χ4n) is 2.70. The zero-order valence-electron chi connectivity index (χ0n) is 12.5. The van der Waals surface area contributed by atoms with Crippen molar-refractivity contribution in [1.29, 1.82) is 0 Å². The topological polar surface area (TPSA) is 32.3 Å². The smallest absolute Gasteiger partial charge is 0.0914 e. The molecule has 0 aromatic heterocycles. The summed E-state index contributed by atoms with van der Waals surface area (Å²) < 4.78 is 0. The van der Waals surface area contributed by atoms with Crippen LogP contribution in [0.25, 0.3) is 21.5 Å². The van der Waals surface area contributed by atoms with Crippen LogP contribution in [-0.4, -0.2) is 17.7 Å². The lowest BCUT2D eigenvalue weighted by Crippen LogP contribution is -2.27. The van der Waals surface area contributed by atoms with Crippen molar-refractivity contribution in [2.75, 3.05) is 6.54 Å². The van der Waals surface area contributed by atoms with Crippen molar-refractivity contribution in [2.45, 2.75) is 26.0 Å². The predicted molar refractivity (Wildman–Crippen MR) is 89.6 cm³/mol. The van der Waals surface area contributed by atoms with Crippen LogP contribution in [0.3, 0.4) is 0 Å². The summed E-state index contributed by atoms with van der Waals surface area (Å²) in [4.78, 5) is 0. The van der Waals surface area contributed by atoms with Crippen LogP contribution in [-0.2, 0) is 0 Å². The summed E-state index contributed by atoms with van der Waals surface area (Å²) in [6.07, 6.45) is -0.469. The summed E-state index contributed by atoms with van der Waals surface area (Å²) in [5, 5.41) is 18.5. The molecule has 108 valence electrons. The van der Waals surface area contributed by atoms with E-state index in [1.54, 1.807) is 0 Å². The fourth-order valence-corrected chi connectivity index (χ4v) is 2.70. The number of hydrogen-bond acceptors (Lipinski definition) is 2. The van der Waals surface area contributed by atoms with E-state index in [-0.39, 0.29) is 0 Å². The standard InChI is InChI=1S/C19H21NO/c1-13(2)20-12-19(21)16-9-10-18-15(11-16)8-7-14-5-3-4-6-17(14)18/h3-11,13,19-21H,12H2,1-2H3/t19-/m1/s1. The van der Waals surface area contributed by atoms with Gasteiger partial charge in [-0.15, -0.1) is 0 Å². The molecule has 0 saturated heterocycles. The number of nitrogens with one attached hydrogen (secondary N) is 1. The number of benzene rings is 3. The van der Waals surface area contributed by atoms with Crippen LogP contribution in [0, 0.1) is 0 Å². The molecule has 2 heteroatoms. The molecule has 1 atom stereocenters. The molecule has 0 saturated carbocycles. The van der Waals surface area contributed by atoms with Gasteiger partial charge in [0.2, 0.25) is 0 Å². The highest BCUT2D eigenvalue weighted by Crippen LogP contribution is 2.27. The van der Waals surface area contributed by atoms with Gasteiger partial charge in [0, 0.05) is 12.6 Å². The number of fused-ring (bicyclic) bond motifs is 3. The Morgan fingerprint density at radius 1 is 0.905 bits per heavy atom. The van der Waals surface area contributed by atoms with Gasteiger partial charge in [0.25, 0.3) is 0 Å². The summed E-state index contributed by atoms with van der Waals surface area (Å²) in [7, 11) is 0. The van der Waals surface area contributed by atoms with Crippen LogP contribution < -0.4 is 5.32 Å². The van der Waals surface area contributed by atoms with E-state index in [9.17, 15) is 5.11 Å². The van der Waals surface area contributed by atoms with Gasteiger partial charge < -0.3 is 10.4 Å². The van der Waals surface area contributed by atoms with Crippen LogP contribution >= 0.6 is 0 Å². The Morgan fingerprint density at radius 2 is 1.62 bits per heavy atom. The minimum Gasteiger partial charge on any atom is -0.387 e. The van der Waals surface area contributed by atoms with Gasteiger partial charge in [-0.05, 0) is 33.2 Å². The summed E-state index contributed by atoms with van der Waals surface area (Å²) in [6.45, 7) is 4.75. The molecule has 2 N–H and O–H groups in total. The molecule has 3 aromatic carbocycles. The Balaban J connectivity index is 1.99. The Bertz CT molecular complexity index is 764. The van der Waals surface area contributed by atoms with Crippen molar-refractivity contribution in [3.63, 3.8) is 0 Å². The highest BCUT2D eigenvalue weighted by molar-refractivity contribution is 6.07. The van der Waals surface area contributed by atoms with Crippen LogP contribution in [0.5, 0.6) is 0 Å². The van der Waals surface area contributed by atoms with Gasteiger partial charge in [-0.25, -0.2) is 0 Å². The average Bonchev–Trinajstić information content (AvgIpc) is 2.51. The predicted octanol–water partition coefficient (Wildman–Crippen LogP) is 4.02. The summed E-state index contributed by atoms with van der Waals surface area (Å²) >= 11 is 0. The maximum absolute atomic E-state index is 10.3. The van der Waals surface area contributed by atoms with Gasteiger partial charge >= 0.3 is 0 Å². The summed E-state index contributed by atoms with van der Waals surface area (Å²) in [6, 6.07) is 19.3. The first kappa shape index (κ1) is 14.1. The van der Waals surface area contributed by atoms with Crippen LogP contribution in [0.15, 0.2) is 54.6 Å². The van der Waals surface area contributed by atoms with Crippen molar-refractivity contribution < 1.29 is 5.11 Å². The molecule has 0 fully saturated rings. The average molecular weight is 279 g/mol. The molecule has 0 amide bonds. The van der Waals surface area contributed by atoms with Gasteiger partial charge in [0.15, 0.2) is 0 Å². The van der Waals surface area contributed by atoms with Crippen molar-refractivity contribution in [1.82, 2.24) is 5.32 Å². The molecule has 0 aliphatic carbocycles. The van der Waals surface area contributed by atoms with E-state index in [4.69, 9.17) is 0 Å². The van der Waals surface area contributed by atoms with Crippen LogP contribution in [0.4, 0.5) is 0 Å². The normalized spacial score (nSPS) is 13.1. The third kappa shape index (κ3) is 2.92. The molecule has 0 aliphatic rings. The van der Waals surface area contributed by atoms with Crippen molar-refractivity contribution >= 4 is 21.5 Å². The molecular formula is C19H21NO. The zero-order valence-corrected chi connectivity index (χ0v) is 12.5. The Morgan fingerprint density at radius 3 is 2.43 bits per heavy atom. The summed E-state index contributed by atoms with van der Waals surface area (Å²) in [5.74, 6) is 0. The van der Waals surface area contributed by atoms with E-state index in [0.717, 1.165) is 5.56 Å².